The molecule has 31 heavy (non-hydrogen) atoms. The number of carbonyl (C=O) groups excluding carboxylic acids is 2. The molecule has 0 saturated heterocycles. The number of Topliss-reactive ketones (excluding diaryl/α,β-unsaturated/α-hetero) is 1. The molecule has 7 heteroatoms. The van der Waals surface area contributed by atoms with Gasteiger partial charge in [0.25, 0.3) is 5.91 Å². The fourth-order valence-electron chi connectivity index (χ4n) is 4.25. The number of benzene rings is 2. The molecule has 2 aromatic rings. The maximum atomic E-state index is 13.5. The fraction of sp³-hybridized carbons (Fsp3) is 0.250. The lowest BCUT2D eigenvalue weighted by atomic mass is 9.75. The summed E-state index contributed by atoms with van der Waals surface area (Å²) in [6, 6.07) is 12.4. The van der Waals surface area contributed by atoms with Gasteiger partial charge in [-0.2, -0.15) is 0 Å². The van der Waals surface area contributed by atoms with E-state index in [0.29, 0.717) is 44.7 Å². The Labute approximate surface area is 191 Å². The summed E-state index contributed by atoms with van der Waals surface area (Å²) >= 11 is 12.4. The van der Waals surface area contributed by atoms with Crippen molar-refractivity contribution in [2.75, 3.05) is 12.4 Å². The second kappa shape index (κ2) is 8.77. The monoisotopic (exact) mass is 456 g/mol. The highest BCUT2D eigenvalue weighted by Crippen LogP contribution is 2.43. The number of dihydropyridines is 1. The first-order valence-electron chi connectivity index (χ1n) is 10.0. The molecule has 0 unspecified atom stereocenters. The molecule has 0 spiro atoms. The topological polar surface area (TPSA) is 67.4 Å². The molecule has 1 atom stereocenters. The lowest BCUT2D eigenvalue weighted by molar-refractivity contribution is -0.116. The van der Waals surface area contributed by atoms with Crippen molar-refractivity contribution in [2.45, 2.75) is 32.1 Å². The Morgan fingerprint density at radius 2 is 1.90 bits per heavy atom. The standard InChI is InChI=1S/C24H22Cl2N2O3/c1-13-21(24(30)28-17-6-3-4-9-20(17)31-2)22(14-10-11-15(25)16(26)12-14)23-18(27-13)7-5-8-19(23)29/h3-4,6,9-12,22,27H,5,7-8H2,1-2H3,(H,28,30)/t22-/m0/s1. The van der Waals surface area contributed by atoms with Gasteiger partial charge in [0.15, 0.2) is 5.78 Å². The molecule has 2 aromatic carbocycles. The van der Waals surface area contributed by atoms with Crippen LogP contribution in [0.1, 0.15) is 37.7 Å². The smallest absolute Gasteiger partial charge is 0.254 e. The minimum atomic E-state index is -0.534. The first-order valence-corrected chi connectivity index (χ1v) is 10.8. The molecular weight excluding hydrogens is 435 g/mol. The van der Waals surface area contributed by atoms with Crippen LogP contribution in [0, 0.1) is 0 Å². The number of hydrogen-bond acceptors (Lipinski definition) is 4. The third-order valence-electron chi connectivity index (χ3n) is 5.65. The van der Waals surface area contributed by atoms with Crippen molar-refractivity contribution >= 4 is 40.6 Å². The molecule has 0 saturated carbocycles. The van der Waals surface area contributed by atoms with Gasteiger partial charge in [0, 0.05) is 34.9 Å². The highest BCUT2D eigenvalue weighted by Gasteiger charge is 2.38. The number of methoxy groups -OCH3 is 1. The number of carbonyl (C=O) groups is 2. The van der Waals surface area contributed by atoms with E-state index in [9.17, 15) is 9.59 Å². The van der Waals surface area contributed by atoms with Crippen LogP contribution in [0.3, 0.4) is 0 Å². The van der Waals surface area contributed by atoms with Crippen molar-refractivity contribution in [2.24, 2.45) is 0 Å². The van der Waals surface area contributed by atoms with Crippen molar-refractivity contribution in [1.29, 1.82) is 0 Å². The van der Waals surface area contributed by atoms with Crippen molar-refractivity contribution in [3.05, 3.63) is 80.6 Å². The van der Waals surface area contributed by atoms with Gasteiger partial charge in [0.05, 0.1) is 22.8 Å². The normalized spacial score (nSPS) is 18.5. The third kappa shape index (κ3) is 4.08. The molecule has 160 valence electrons. The number of nitrogens with one attached hydrogen (secondary N) is 2. The Hall–Kier alpha value is -2.76. The van der Waals surface area contributed by atoms with Gasteiger partial charge in [-0.1, -0.05) is 41.4 Å². The largest absolute Gasteiger partial charge is 0.495 e. The van der Waals surface area contributed by atoms with Crippen LogP contribution in [-0.4, -0.2) is 18.8 Å². The lowest BCUT2D eigenvalue weighted by Gasteiger charge is -2.34. The number of amides is 1. The highest BCUT2D eigenvalue weighted by molar-refractivity contribution is 6.42. The molecule has 5 nitrogen and oxygen atoms in total. The SMILES string of the molecule is COc1ccccc1NC(=O)C1=C(C)NC2=C(C(=O)CCC2)[C@H]1c1ccc(Cl)c(Cl)c1. The zero-order valence-corrected chi connectivity index (χ0v) is 18.7. The van der Waals surface area contributed by atoms with E-state index in [2.05, 4.69) is 10.6 Å². The van der Waals surface area contributed by atoms with Gasteiger partial charge in [-0.25, -0.2) is 0 Å². The summed E-state index contributed by atoms with van der Waals surface area (Å²) in [7, 11) is 1.55. The molecule has 1 heterocycles. The molecule has 0 fully saturated rings. The molecule has 1 aliphatic heterocycles. The quantitative estimate of drug-likeness (QED) is 0.627. The maximum Gasteiger partial charge on any atom is 0.254 e. The zero-order valence-electron chi connectivity index (χ0n) is 17.2. The zero-order chi connectivity index (χ0) is 22.1. The summed E-state index contributed by atoms with van der Waals surface area (Å²) in [5.41, 5.74) is 3.98. The number of ketones is 1. The highest BCUT2D eigenvalue weighted by atomic mass is 35.5. The third-order valence-corrected chi connectivity index (χ3v) is 6.39. The maximum absolute atomic E-state index is 13.5. The van der Waals surface area contributed by atoms with Crippen LogP contribution in [0.15, 0.2) is 65.0 Å². The molecule has 4 rings (SSSR count). The Morgan fingerprint density at radius 1 is 1.13 bits per heavy atom. The summed E-state index contributed by atoms with van der Waals surface area (Å²) < 4.78 is 5.36. The van der Waals surface area contributed by atoms with E-state index < -0.39 is 5.92 Å². The van der Waals surface area contributed by atoms with E-state index in [-0.39, 0.29) is 11.7 Å². The van der Waals surface area contributed by atoms with Crippen molar-refractivity contribution in [1.82, 2.24) is 5.32 Å². The second-order valence-electron chi connectivity index (χ2n) is 7.59. The van der Waals surface area contributed by atoms with E-state index in [0.717, 1.165) is 24.1 Å². The number of allylic oxidation sites excluding steroid dienone is 3. The van der Waals surface area contributed by atoms with Gasteiger partial charge in [-0.3, -0.25) is 9.59 Å². The number of hydrogen-bond donors (Lipinski definition) is 2. The number of rotatable bonds is 4. The van der Waals surface area contributed by atoms with Gasteiger partial charge in [-0.15, -0.1) is 0 Å². The van der Waals surface area contributed by atoms with Gasteiger partial charge >= 0.3 is 0 Å². The van der Waals surface area contributed by atoms with Crippen LogP contribution in [-0.2, 0) is 9.59 Å². The van der Waals surface area contributed by atoms with Gasteiger partial charge < -0.3 is 15.4 Å². The number of ether oxygens (including phenoxy) is 1. The fourth-order valence-corrected chi connectivity index (χ4v) is 4.55. The van der Waals surface area contributed by atoms with Crippen LogP contribution in [0.5, 0.6) is 5.75 Å². The number of anilines is 1. The summed E-state index contributed by atoms with van der Waals surface area (Å²) in [5, 5.41) is 7.05. The van der Waals surface area contributed by atoms with E-state index >= 15 is 0 Å². The average Bonchev–Trinajstić information content (AvgIpc) is 2.75. The summed E-state index contributed by atoms with van der Waals surface area (Å²) in [6.45, 7) is 1.85. The van der Waals surface area contributed by atoms with Crippen molar-refractivity contribution < 1.29 is 14.3 Å². The minimum Gasteiger partial charge on any atom is -0.495 e. The molecule has 0 radical (unpaired) electrons. The lowest BCUT2D eigenvalue weighted by Crippen LogP contribution is -2.35. The van der Waals surface area contributed by atoms with E-state index in [1.54, 1.807) is 31.4 Å². The molecule has 2 aliphatic rings. The Morgan fingerprint density at radius 3 is 2.65 bits per heavy atom. The number of halogens is 2. The minimum absolute atomic E-state index is 0.0416. The first-order chi connectivity index (χ1) is 14.9. The van der Waals surface area contributed by atoms with Crippen molar-refractivity contribution in [3.8, 4) is 5.75 Å². The first kappa shape index (κ1) is 21.5. The average molecular weight is 457 g/mol. The Bertz CT molecular complexity index is 1140. The predicted molar refractivity (Wildman–Crippen MR) is 123 cm³/mol. The van der Waals surface area contributed by atoms with Crippen LogP contribution in [0.4, 0.5) is 5.69 Å². The Kier molecular flexibility index (Phi) is 6.08. The van der Waals surface area contributed by atoms with E-state index in [1.807, 2.05) is 25.1 Å². The molecule has 2 N–H and O–H groups in total. The van der Waals surface area contributed by atoms with Crippen molar-refractivity contribution in [3.63, 3.8) is 0 Å². The molecule has 1 amide bonds. The molecule has 0 bridgehead atoms. The number of para-hydroxylation sites is 2. The van der Waals surface area contributed by atoms with Crippen LogP contribution in [0.2, 0.25) is 10.0 Å². The van der Waals surface area contributed by atoms with E-state index in [1.165, 1.54) is 0 Å². The predicted octanol–water partition coefficient (Wildman–Crippen LogP) is 5.61. The van der Waals surface area contributed by atoms with Crippen LogP contribution >= 0.6 is 23.2 Å². The van der Waals surface area contributed by atoms with Gasteiger partial charge in [-0.05, 0) is 49.6 Å². The van der Waals surface area contributed by atoms with Gasteiger partial charge in [0.2, 0.25) is 0 Å². The summed E-state index contributed by atoms with van der Waals surface area (Å²) in [6.07, 6.45) is 2.01. The molecular formula is C24H22Cl2N2O3. The van der Waals surface area contributed by atoms with E-state index in [4.69, 9.17) is 27.9 Å². The Balaban J connectivity index is 1.81. The molecule has 0 aromatic heterocycles. The second-order valence-corrected chi connectivity index (χ2v) is 8.41. The van der Waals surface area contributed by atoms with Crippen LogP contribution < -0.4 is 15.4 Å². The molecule has 1 aliphatic carbocycles. The summed E-state index contributed by atoms with van der Waals surface area (Å²) in [4.78, 5) is 26.5. The van der Waals surface area contributed by atoms with Gasteiger partial charge in [0.1, 0.15) is 5.75 Å². The summed E-state index contributed by atoms with van der Waals surface area (Å²) in [5.74, 6) is -0.249. The van der Waals surface area contributed by atoms with Crippen LogP contribution in [0.25, 0.3) is 0 Å².